The predicted octanol–water partition coefficient (Wildman–Crippen LogP) is 12.1. The molecule has 4 aromatic rings. The fourth-order valence-corrected chi connectivity index (χ4v) is 14.4. The number of carbonyl (C=O) groups excluding carboxylic acids is 4. The van der Waals surface area contributed by atoms with E-state index in [0.29, 0.717) is 57.1 Å². The first-order chi connectivity index (χ1) is 31.9. The number of ether oxygens (including phenoxy) is 2. The molecule has 4 aromatic carbocycles. The maximum absolute atomic E-state index is 14.2. The Hall–Kier alpha value is -3.98. The van der Waals surface area contributed by atoms with E-state index in [9.17, 15) is 28.3 Å². The summed E-state index contributed by atoms with van der Waals surface area (Å²) in [6, 6.07) is 20.4. The van der Waals surface area contributed by atoms with Crippen LogP contribution < -0.4 is 21.2 Å². The molecule has 2 atom stereocenters. The predicted molar refractivity (Wildman–Crippen MR) is 288 cm³/mol. The molecule has 2 N–H and O–H groups in total. The van der Waals surface area contributed by atoms with Gasteiger partial charge in [0, 0.05) is 33.1 Å². The second kappa shape index (κ2) is 24.2. The average molecular weight is 1040 g/mol. The van der Waals surface area contributed by atoms with Crippen molar-refractivity contribution in [2.24, 2.45) is 0 Å². The Labute approximate surface area is 420 Å². The van der Waals surface area contributed by atoms with Crippen molar-refractivity contribution in [3.8, 4) is 0 Å². The van der Waals surface area contributed by atoms with E-state index in [4.69, 9.17) is 43.0 Å². The molecule has 18 heteroatoms. The van der Waals surface area contributed by atoms with Gasteiger partial charge >= 0.3 is 14.7 Å². The third-order valence-corrected chi connectivity index (χ3v) is 18.4. The number of unbranched alkanes of at least 4 members (excludes halogenated alkanes) is 1. The minimum atomic E-state index is -3.96. The molecule has 12 nitrogen and oxygen atoms in total. The quantitative estimate of drug-likeness (QED) is 0.0460. The number of hydrogen-bond donors (Lipinski definition) is 2. The van der Waals surface area contributed by atoms with E-state index >= 15 is 0 Å². The molecule has 0 saturated heterocycles. The van der Waals surface area contributed by atoms with Crippen molar-refractivity contribution >= 4 is 116 Å². The van der Waals surface area contributed by atoms with E-state index < -0.39 is 35.3 Å². The van der Waals surface area contributed by atoms with Crippen molar-refractivity contribution in [1.29, 1.82) is 0 Å². The summed E-state index contributed by atoms with van der Waals surface area (Å²) in [7, 11) is -7.92. The third-order valence-electron chi connectivity index (χ3n) is 10.9. The lowest BCUT2D eigenvalue weighted by atomic mass is 9.97. The Bertz CT molecular complexity index is 2480. The van der Waals surface area contributed by atoms with Crippen LogP contribution in [0.5, 0.6) is 0 Å². The first kappa shape index (κ1) is 56.6. The molecule has 2 amide bonds. The fourth-order valence-electron chi connectivity index (χ4n) is 7.43. The first-order valence-electron chi connectivity index (χ1n) is 22.1. The van der Waals surface area contributed by atoms with Crippen molar-refractivity contribution < 1.29 is 46.8 Å². The molecule has 0 aromatic heterocycles. The van der Waals surface area contributed by atoms with Gasteiger partial charge in [0.2, 0.25) is 20.6 Å². The maximum atomic E-state index is 14.2. The molecular weight excluding hydrogens is 979 g/mol. The van der Waals surface area contributed by atoms with Gasteiger partial charge in [-0.3, -0.25) is 28.3 Å². The number of nitrogens with one attached hydrogen (secondary N) is 2. The number of aryl methyl sites for hydroxylation is 4. The molecule has 0 heterocycles. The standard InChI is InChI=1S/C50H62N2O10P2S4/c1-13-61-63(57,37-23-17-15-18-24-37)43(53)39-31(3)29-33(5)41(35(39)7)51-45(55)49(9,10)67-47(65)59-27-21-22-28-60-48(66)68-50(11,12)46(56)52-42-34(6)30-32(4)40(36(42)8)44(54)64(58,62-14-2)38-25-19-16-20-26-38/h15-20,23-26,29-30H,13-14,21-22,27-28H2,1-12H3,(H,51,55)(H,52,56). The lowest BCUT2D eigenvalue weighted by molar-refractivity contribution is -0.118. The molecule has 0 aliphatic carbocycles. The SMILES string of the molecule is CCOP(=O)(C(=O)c1c(C)cc(C)c(NC(=O)C(C)(C)SC(=S)OCCCCOC(=S)SC(C)(C)C(=O)Nc2c(C)cc(C)c(C(=O)P(=O)(OCC)c3ccccc3)c2C)c1C)c1ccccc1. The van der Waals surface area contributed by atoms with E-state index in [0.717, 1.165) is 34.7 Å². The highest BCUT2D eigenvalue weighted by molar-refractivity contribution is 8.24. The summed E-state index contributed by atoms with van der Waals surface area (Å²) in [4.78, 5) is 55.6. The van der Waals surface area contributed by atoms with Crippen LogP contribution in [-0.2, 0) is 37.2 Å². The number of thioether (sulfide) groups is 2. The van der Waals surface area contributed by atoms with Crippen LogP contribution >= 0.6 is 62.7 Å². The van der Waals surface area contributed by atoms with E-state index in [-0.39, 0.29) is 58.1 Å². The summed E-state index contributed by atoms with van der Waals surface area (Å²) >= 11 is 13.2. The second-order valence-electron chi connectivity index (χ2n) is 17.0. The summed E-state index contributed by atoms with van der Waals surface area (Å²) in [6.07, 6.45) is 1.12. The van der Waals surface area contributed by atoms with Gasteiger partial charge in [0.15, 0.2) is 0 Å². The Morgan fingerprint density at radius 3 is 1.19 bits per heavy atom. The highest BCUT2D eigenvalue weighted by Crippen LogP contribution is 2.52. The molecule has 4 rings (SSSR count). The van der Waals surface area contributed by atoms with Gasteiger partial charge in [0.05, 0.1) is 35.9 Å². The molecular formula is C50H62N2O10P2S4. The molecule has 0 aliphatic rings. The lowest BCUT2D eigenvalue weighted by Crippen LogP contribution is -2.36. The Kier molecular flexibility index (Phi) is 20.2. The van der Waals surface area contributed by atoms with Crippen LogP contribution in [0.25, 0.3) is 0 Å². The van der Waals surface area contributed by atoms with Crippen molar-refractivity contribution in [1.82, 2.24) is 0 Å². The number of rotatable bonds is 21. The normalized spacial score (nSPS) is 13.4. The minimum Gasteiger partial charge on any atom is -0.479 e. The summed E-state index contributed by atoms with van der Waals surface area (Å²) in [5.74, 6) is -0.739. The fraction of sp³-hybridized carbons (Fsp3) is 0.400. The van der Waals surface area contributed by atoms with Crippen LogP contribution in [0.2, 0.25) is 0 Å². The number of hydrogen-bond acceptors (Lipinski definition) is 14. The number of carbonyl (C=O) groups is 4. The summed E-state index contributed by atoms with van der Waals surface area (Å²) in [5, 5.41) is 6.57. The largest absolute Gasteiger partial charge is 0.479 e. The van der Waals surface area contributed by atoms with E-state index in [2.05, 4.69) is 10.6 Å². The van der Waals surface area contributed by atoms with Gasteiger partial charge in [-0.2, -0.15) is 0 Å². The average Bonchev–Trinajstić information content (AvgIpc) is 3.27. The molecule has 0 aliphatic heterocycles. The van der Waals surface area contributed by atoms with Gasteiger partial charge < -0.3 is 29.2 Å². The first-order valence-corrected chi connectivity index (χ1v) is 27.8. The zero-order chi connectivity index (χ0) is 50.8. The number of amides is 2. The van der Waals surface area contributed by atoms with Crippen LogP contribution in [0, 0.1) is 41.5 Å². The van der Waals surface area contributed by atoms with Gasteiger partial charge in [-0.15, -0.1) is 0 Å². The second-order valence-corrected chi connectivity index (χ2v) is 26.0. The zero-order valence-corrected chi connectivity index (χ0v) is 45.8. The smallest absolute Gasteiger partial charge is 0.300 e. The van der Waals surface area contributed by atoms with Crippen LogP contribution in [0.15, 0.2) is 72.8 Å². The van der Waals surface area contributed by atoms with Gasteiger partial charge in [-0.1, -0.05) is 72.1 Å². The van der Waals surface area contributed by atoms with Crippen LogP contribution in [0.1, 0.15) is 108 Å². The van der Waals surface area contributed by atoms with Gasteiger partial charge in [0.25, 0.3) is 11.0 Å². The molecule has 0 saturated carbocycles. The van der Waals surface area contributed by atoms with Crippen LogP contribution in [0.3, 0.4) is 0 Å². The Morgan fingerprint density at radius 1 is 0.559 bits per heavy atom. The summed E-state index contributed by atoms with van der Waals surface area (Å²) in [6.45, 7) is 21.6. The van der Waals surface area contributed by atoms with Crippen molar-refractivity contribution in [3.05, 3.63) is 117 Å². The number of anilines is 2. The van der Waals surface area contributed by atoms with Gasteiger partial charge in [0.1, 0.15) is 0 Å². The molecule has 2 unspecified atom stereocenters. The van der Waals surface area contributed by atoms with E-state index in [1.165, 1.54) is 0 Å². The summed E-state index contributed by atoms with van der Waals surface area (Å²) in [5.41, 5.74) is 3.74. The molecule has 0 radical (unpaired) electrons. The van der Waals surface area contributed by atoms with Gasteiger partial charge in [-0.25, -0.2) is 0 Å². The topological polar surface area (TPSA) is 163 Å². The van der Waals surface area contributed by atoms with Gasteiger partial charge in [-0.05, 0) is 178 Å². The van der Waals surface area contributed by atoms with Crippen LogP contribution in [0.4, 0.5) is 11.4 Å². The Balaban J connectivity index is 1.29. The molecule has 68 heavy (non-hydrogen) atoms. The lowest BCUT2D eigenvalue weighted by Gasteiger charge is -2.26. The molecule has 0 spiro atoms. The highest BCUT2D eigenvalue weighted by atomic mass is 32.2. The molecule has 0 bridgehead atoms. The van der Waals surface area contributed by atoms with Crippen molar-refractivity contribution in [2.45, 2.75) is 105 Å². The monoisotopic (exact) mass is 1040 g/mol. The van der Waals surface area contributed by atoms with Crippen molar-refractivity contribution in [3.63, 3.8) is 0 Å². The third kappa shape index (κ3) is 13.5. The minimum absolute atomic E-state index is 0.0741. The van der Waals surface area contributed by atoms with E-state index in [1.54, 1.807) is 142 Å². The molecule has 0 fully saturated rings. The number of benzene rings is 4. The molecule has 366 valence electrons. The Morgan fingerprint density at radius 2 is 0.882 bits per heavy atom. The van der Waals surface area contributed by atoms with E-state index in [1.807, 2.05) is 13.8 Å². The zero-order valence-electron chi connectivity index (χ0n) is 40.8. The summed E-state index contributed by atoms with van der Waals surface area (Å²) < 4.78 is 49.6. The van der Waals surface area contributed by atoms with Crippen molar-refractivity contribution in [2.75, 3.05) is 37.1 Å². The highest BCUT2D eigenvalue weighted by Gasteiger charge is 2.41. The number of thiocarbonyl (C=S) groups is 2. The van der Waals surface area contributed by atoms with Crippen LogP contribution in [-0.4, -0.2) is 67.5 Å². The maximum Gasteiger partial charge on any atom is 0.300 e.